The van der Waals surface area contributed by atoms with Gasteiger partial charge in [-0.3, -0.25) is 4.79 Å². The van der Waals surface area contributed by atoms with Crippen LogP contribution in [0.4, 0.5) is 5.69 Å². The molecule has 0 aromatic heterocycles. The summed E-state index contributed by atoms with van der Waals surface area (Å²) in [6.45, 7) is 5.09. The average Bonchev–Trinajstić information content (AvgIpc) is 2.47. The molecule has 1 atom stereocenters. The Bertz CT molecular complexity index is 434. The van der Waals surface area contributed by atoms with Crippen molar-refractivity contribution in [1.82, 2.24) is 5.32 Å². The van der Waals surface area contributed by atoms with Crippen LogP contribution in [0.5, 0.6) is 0 Å². The van der Waals surface area contributed by atoms with Gasteiger partial charge >= 0.3 is 0 Å². The number of benzene rings is 1. The number of hydrogen-bond acceptors (Lipinski definition) is 2. The number of carbonyl (C=O) groups is 1. The molecule has 0 aliphatic rings. The molecule has 1 aromatic rings. The van der Waals surface area contributed by atoms with Crippen LogP contribution in [-0.4, -0.2) is 19.5 Å². The Morgan fingerprint density at radius 2 is 2.10 bits per heavy atom. The van der Waals surface area contributed by atoms with Crippen molar-refractivity contribution in [2.75, 3.05) is 18.9 Å². The molecule has 3 nitrogen and oxygen atoms in total. The number of rotatable bonds is 8. The van der Waals surface area contributed by atoms with Gasteiger partial charge in [-0.2, -0.15) is 0 Å². The topological polar surface area (TPSA) is 41.1 Å². The summed E-state index contributed by atoms with van der Waals surface area (Å²) in [5.74, 6) is 0.489. The molecule has 0 aliphatic carbocycles. The van der Waals surface area contributed by atoms with Gasteiger partial charge in [0.05, 0.1) is 5.56 Å². The summed E-state index contributed by atoms with van der Waals surface area (Å²) in [6.07, 6.45) is 4.67. The van der Waals surface area contributed by atoms with Crippen LogP contribution in [0.25, 0.3) is 0 Å². The molecule has 1 amide bonds. The standard InChI is InChI=1S/C16H25ClN2O/c1-4-6-7-12(5-2)11-19-16(20)14-10-13(17)8-9-15(14)18-3/h8-10,12,18H,4-7,11H2,1-3H3,(H,19,20). The van der Waals surface area contributed by atoms with Crippen LogP contribution < -0.4 is 10.6 Å². The van der Waals surface area contributed by atoms with E-state index >= 15 is 0 Å². The molecule has 20 heavy (non-hydrogen) atoms. The molecule has 0 saturated heterocycles. The molecule has 112 valence electrons. The quantitative estimate of drug-likeness (QED) is 0.750. The van der Waals surface area contributed by atoms with Gasteiger partial charge < -0.3 is 10.6 Å². The van der Waals surface area contributed by atoms with Crippen LogP contribution in [-0.2, 0) is 0 Å². The number of hydrogen-bond donors (Lipinski definition) is 2. The summed E-state index contributed by atoms with van der Waals surface area (Å²) in [6, 6.07) is 5.31. The third-order valence-corrected chi connectivity index (χ3v) is 3.83. The van der Waals surface area contributed by atoms with E-state index in [0.29, 0.717) is 16.5 Å². The highest BCUT2D eigenvalue weighted by Crippen LogP contribution is 2.20. The molecule has 0 fully saturated rings. The number of amides is 1. The first-order chi connectivity index (χ1) is 9.62. The van der Waals surface area contributed by atoms with Gasteiger partial charge in [0.2, 0.25) is 0 Å². The SMILES string of the molecule is CCCCC(CC)CNC(=O)c1cc(Cl)ccc1NC. The lowest BCUT2D eigenvalue weighted by atomic mass is 9.99. The van der Waals surface area contributed by atoms with Crippen molar-refractivity contribution in [2.45, 2.75) is 39.5 Å². The van der Waals surface area contributed by atoms with Gasteiger partial charge in [0.25, 0.3) is 5.91 Å². The second-order valence-electron chi connectivity index (χ2n) is 5.07. The van der Waals surface area contributed by atoms with E-state index in [1.165, 1.54) is 19.3 Å². The van der Waals surface area contributed by atoms with Crippen LogP contribution >= 0.6 is 11.6 Å². The molecule has 1 aromatic carbocycles. The first-order valence-corrected chi connectivity index (χ1v) is 7.75. The van der Waals surface area contributed by atoms with Crippen LogP contribution in [0.15, 0.2) is 18.2 Å². The predicted molar refractivity (Wildman–Crippen MR) is 86.6 cm³/mol. The van der Waals surface area contributed by atoms with Crippen LogP contribution in [0, 0.1) is 5.92 Å². The fourth-order valence-corrected chi connectivity index (χ4v) is 2.37. The lowest BCUT2D eigenvalue weighted by Crippen LogP contribution is -2.29. The molecular formula is C16H25ClN2O. The Morgan fingerprint density at radius 1 is 1.35 bits per heavy atom. The first-order valence-electron chi connectivity index (χ1n) is 7.37. The first kappa shape index (κ1) is 16.8. The second kappa shape index (κ2) is 8.85. The van der Waals surface area contributed by atoms with Crippen LogP contribution in [0.1, 0.15) is 49.9 Å². The lowest BCUT2D eigenvalue weighted by Gasteiger charge is -2.16. The molecular weight excluding hydrogens is 272 g/mol. The fraction of sp³-hybridized carbons (Fsp3) is 0.562. The molecule has 1 rings (SSSR count). The maximum Gasteiger partial charge on any atom is 0.253 e. The summed E-state index contributed by atoms with van der Waals surface area (Å²) in [5.41, 5.74) is 1.40. The monoisotopic (exact) mass is 296 g/mol. The maximum atomic E-state index is 12.3. The maximum absolute atomic E-state index is 12.3. The average molecular weight is 297 g/mol. The van der Waals surface area contributed by atoms with E-state index < -0.39 is 0 Å². The van der Waals surface area contributed by atoms with E-state index in [4.69, 9.17) is 11.6 Å². The largest absolute Gasteiger partial charge is 0.387 e. The number of halogens is 1. The minimum atomic E-state index is -0.0631. The van der Waals surface area contributed by atoms with Crippen molar-refractivity contribution >= 4 is 23.2 Å². The zero-order chi connectivity index (χ0) is 15.0. The van der Waals surface area contributed by atoms with Gasteiger partial charge in [-0.15, -0.1) is 0 Å². The van der Waals surface area contributed by atoms with Gasteiger partial charge in [-0.1, -0.05) is 44.7 Å². The number of unbranched alkanes of at least 4 members (excludes halogenated alkanes) is 1. The highest BCUT2D eigenvalue weighted by atomic mass is 35.5. The Balaban J connectivity index is 2.64. The Labute approximate surface area is 127 Å². The van der Waals surface area contributed by atoms with Crippen molar-refractivity contribution in [1.29, 1.82) is 0 Å². The van der Waals surface area contributed by atoms with Gasteiger partial charge in [-0.05, 0) is 30.5 Å². The van der Waals surface area contributed by atoms with Crippen molar-refractivity contribution in [3.05, 3.63) is 28.8 Å². The van der Waals surface area contributed by atoms with E-state index in [2.05, 4.69) is 24.5 Å². The summed E-state index contributed by atoms with van der Waals surface area (Å²) >= 11 is 5.97. The van der Waals surface area contributed by atoms with Gasteiger partial charge in [0.1, 0.15) is 0 Å². The summed E-state index contributed by atoms with van der Waals surface area (Å²) in [4.78, 5) is 12.3. The van der Waals surface area contributed by atoms with E-state index in [0.717, 1.165) is 18.7 Å². The minimum Gasteiger partial charge on any atom is -0.387 e. The third kappa shape index (κ3) is 5.04. The molecule has 4 heteroatoms. The number of nitrogens with one attached hydrogen (secondary N) is 2. The van der Waals surface area contributed by atoms with Gasteiger partial charge in [0, 0.05) is 24.3 Å². The van der Waals surface area contributed by atoms with Gasteiger partial charge in [0.15, 0.2) is 0 Å². The molecule has 1 unspecified atom stereocenters. The normalized spacial score (nSPS) is 12.0. The summed E-state index contributed by atoms with van der Waals surface area (Å²) in [5, 5.41) is 6.62. The minimum absolute atomic E-state index is 0.0631. The molecule has 0 heterocycles. The molecule has 0 radical (unpaired) electrons. The van der Waals surface area contributed by atoms with Gasteiger partial charge in [-0.25, -0.2) is 0 Å². The van der Waals surface area contributed by atoms with Crippen molar-refractivity contribution in [2.24, 2.45) is 5.92 Å². The Kier molecular flexibility index (Phi) is 7.45. The number of carbonyl (C=O) groups excluding carboxylic acids is 1. The highest BCUT2D eigenvalue weighted by Gasteiger charge is 2.13. The fourth-order valence-electron chi connectivity index (χ4n) is 2.20. The van der Waals surface area contributed by atoms with E-state index in [1.807, 2.05) is 6.07 Å². The smallest absolute Gasteiger partial charge is 0.253 e. The zero-order valence-corrected chi connectivity index (χ0v) is 13.4. The lowest BCUT2D eigenvalue weighted by molar-refractivity contribution is 0.0946. The predicted octanol–water partition coefficient (Wildman–Crippen LogP) is 4.33. The van der Waals surface area contributed by atoms with Crippen molar-refractivity contribution < 1.29 is 4.79 Å². The number of anilines is 1. The summed E-state index contributed by atoms with van der Waals surface area (Å²) < 4.78 is 0. The zero-order valence-electron chi connectivity index (χ0n) is 12.6. The molecule has 0 bridgehead atoms. The van der Waals surface area contributed by atoms with Crippen LogP contribution in [0.3, 0.4) is 0 Å². The van der Waals surface area contributed by atoms with E-state index in [-0.39, 0.29) is 5.91 Å². The van der Waals surface area contributed by atoms with Crippen molar-refractivity contribution in [3.8, 4) is 0 Å². The van der Waals surface area contributed by atoms with Crippen molar-refractivity contribution in [3.63, 3.8) is 0 Å². The van der Waals surface area contributed by atoms with Crippen LogP contribution in [0.2, 0.25) is 5.02 Å². The summed E-state index contributed by atoms with van der Waals surface area (Å²) in [7, 11) is 1.80. The molecule has 0 aliphatic heterocycles. The van der Waals surface area contributed by atoms with E-state index in [1.54, 1.807) is 19.2 Å². The Morgan fingerprint density at radius 3 is 2.70 bits per heavy atom. The second-order valence-corrected chi connectivity index (χ2v) is 5.50. The molecule has 0 spiro atoms. The Hall–Kier alpha value is -1.22. The highest BCUT2D eigenvalue weighted by molar-refractivity contribution is 6.31. The van der Waals surface area contributed by atoms with E-state index in [9.17, 15) is 4.79 Å². The molecule has 0 saturated carbocycles. The third-order valence-electron chi connectivity index (χ3n) is 3.59. The molecule has 2 N–H and O–H groups in total.